The Morgan fingerprint density at radius 3 is 2.82 bits per heavy atom. The Bertz CT molecular complexity index is 959. The molecule has 2 heterocycles. The monoisotopic (exact) mass is 293 g/mol. The van der Waals surface area contributed by atoms with Crippen LogP contribution in [0.2, 0.25) is 0 Å². The quantitative estimate of drug-likeness (QED) is 0.795. The van der Waals surface area contributed by atoms with Crippen LogP contribution in [0, 0.1) is 11.3 Å². The zero-order chi connectivity index (χ0) is 15.5. The lowest BCUT2D eigenvalue weighted by molar-refractivity contribution is 0.579. The minimum Gasteiger partial charge on any atom is -0.464 e. The number of hydrogen-bond acceptors (Lipinski definition) is 4. The van der Waals surface area contributed by atoms with Gasteiger partial charge in [-0.25, -0.2) is 4.79 Å². The highest BCUT2D eigenvalue weighted by Crippen LogP contribution is 2.14. The zero-order valence-corrected chi connectivity index (χ0v) is 11.4. The molecule has 0 atom stereocenters. The standard InChI is InChI=1S/C16H11N3O3/c17-8-11-3-1-4-12(7-11)9-19-10-13(14-5-2-6-22-14)15(20)18-16(19)21/h1-7,10H,9H2,(H,18,20,21). The van der Waals surface area contributed by atoms with Gasteiger partial charge in [-0.15, -0.1) is 0 Å². The summed E-state index contributed by atoms with van der Waals surface area (Å²) in [7, 11) is 0. The summed E-state index contributed by atoms with van der Waals surface area (Å²) in [5, 5.41) is 8.91. The molecule has 108 valence electrons. The number of nitrogens with one attached hydrogen (secondary N) is 1. The van der Waals surface area contributed by atoms with Gasteiger partial charge in [0.15, 0.2) is 0 Å². The van der Waals surface area contributed by atoms with Crippen molar-refractivity contribution in [2.45, 2.75) is 6.54 Å². The smallest absolute Gasteiger partial charge is 0.328 e. The van der Waals surface area contributed by atoms with Gasteiger partial charge < -0.3 is 4.42 Å². The Labute approximate surface area is 124 Å². The minimum atomic E-state index is -0.511. The van der Waals surface area contributed by atoms with Gasteiger partial charge in [-0.3, -0.25) is 14.3 Å². The maximum atomic E-state index is 11.9. The van der Waals surface area contributed by atoms with Crippen molar-refractivity contribution in [2.75, 3.05) is 0 Å². The third kappa shape index (κ3) is 2.60. The van der Waals surface area contributed by atoms with Crippen LogP contribution < -0.4 is 11.2 Å². The summed E-state index contributed by atoms with van der Waals surface area (Å²) in [6, 6.07) is 12.3. The molecule has 3 aromatic rings. The van der Waals surface area contributed by atoms with Crippen LogP contribution in [0.15, 0.2) is 62.9 Å². The number of aromatic amines is 1. The van der Waals surface area contributed by atoms with Crippen molar-refractivity contribution in [3.05, 3.63) is 80.8 Å². The van der Waals surface area contributed by atoms with Crippen molar-refractivity contribution in [3.63, 3.8) is 0 Å². The number of rotatable bonds is 3. The highest BCUT2D eigenvalue weighted by atomic mass is 16.3. The van der Waals surface area contributed by atoms with Gasteiger partial charge in [-0.05, 0) is 29.8 Å². The lowest BCUT2D eigenvalue weighted by Crippen LogP contribution is -2.30. The van der Waals surface area contributed by atoms with Gasteiger partial charge in [0.2, 0.25) is 0 Å². The summed E-state index contributed by atoms with van der Waals surface area (Å²) in [5.74, 6) is 0.390. The molecule has 0 spiro atoms. The van der Waals surface area contributed by atoms with Crippen LogP contribution in [0.5, 0.6) is 0 Å². The highest BCUT2D eigenvalue weighted by Gasteiger charge is 2.10. The number of aromatic nitrogens is 2. The van der Waals surface area contributed by atoms with Crippen LogP contribution in [-0.2, 0) is 6.54 Å². The van der Waals surface area contributed by atoms with Crippen LogP contribution in [0.3, 0.4) is 0 Å². The van der Waals surface area contributed by atoms with E-state index in [0.29, 0.717) is 11.3 Å². The van der Waals surface area contributed by atoms with Crippen molar-refractivity contribution in [1.29, 1.82) is 5.26 Å². The second kappa shape index (κ2) is 5.58. The lowest BCUT2D eigenvalue weighted by Gasteiger charge is -2.07. The third-order valence-electron chi connectivity index (χ3n) is 3.21. The van der Waals surface area contributed by atoms with E-state index in [4.69, 9.17) is 9.68 Å². The molecule has 2 aromatic heterocycles. The minimum absolute atomic E-state index is 0.249. The van der Waals surface area contributed by atoms with E-state index in [0.717, 1.165) is 5.56 Å². The fourth-order valence-corrected chi connectivity index (χ4v) is 2.17. The molecule has 0 bridgehead atoms. The first-order valence-corrected chi connectivity index (χ1v) is 6.54. The first-order chi connectivity index (χ1) is 10.7. The average molecular weight is 293 g/mol. The Morgan fingerprint density at radius 2 is 2.09 bits per heavy atom. The maximum Gasteiger partial charge on any atom is 0.328 e. The number of H-pyrrole nitrogens is 1. The summed E-state index contributed by atoms with van der Waals surface area (Å²) < 4.78 is 6.57. The largest absolute Gasteiger partial charge is 0.464 e. The fourth-order valence-electron chi connectivity index (χ4n) is 2.17. The number of nitrogens with zero attached hydrogens (tertiary/aromatic N) is 2. The molecule has 6 nitrogen and oxygen atoms in total. The van der Waals surface area contributed by atoms with E-state index in [1.165, 1.54) is 17.0 Å². The molecule has 1 aromatic carbocycles. The van der Waals surface area contributed by atoms with Gasteiger partial charge in [0.1, 0.15) is 5.76 Å². The predicted molar refractivity (Wildman–Crippen MR) is 79.3 cm³/mol. The summed E-state index contributed by atoms with van der Waals surface area (Å²) in [4.78, 5) is 26.1. The second-order valence-electron chi connectivity index (χ2n) is 4.72. The number of benzene rings is 1. The first-order valence-electron chi connectivity index (χ1n) is 6.54. The molecule has 1 N–H and O–H groups in total. The molecule has 0 aliphatic carbocycles. The van der Waals surface area contributed by atoms with Crippen LogP contribution in [-0.4, -0.2) is 9.55 Å². The lowest BCUT2D eigenvalue weighted by atomic mass is 10.1. The Hall–Kier alpha value is -3.33. The Morgan fingerprint density at radius 1 is 1.23 bits per heavy atom. The van der Waals surface area contributed by atoms with Crippen molar-refractivity contribution in [3.8, 4) is 17.4 Å². The van der Waals surface area contributed by atoms with E-state index >= 15 is 0 Å². The normalized spacial score (nSPS) is 10.3. The molecule has 0 unspecified atom stereocenters. The summed E-state index contributed by atoms with van der Waals surface area (Å²) in [6.07, 6.45) is 2.92. The molecule has 22 heavy (non-hydrogen) atoms. The molecule has 0 fully saturated rings. The molecule has 0 radical (unpaired) electrons. The van der Waals surface area contributed by atoms with E-state index in [2.05, 4.69) is 11.1 Å². The van der Waals surface area contributed by atoms with Crippen molar-refractivity contribution < 1.29 is 4.42 Å². The van der Waals surface area contributed by atoms with Crippen LogP contribution in [0.4, 0.5) is 0 Å². The zero-order valence-electron chi connectivity index (χ0n) is 11.4. The van der Waals surface area contributed by atoms with Gasteiger partial charge >= 0.3 is 5.69 Å². The third-order valence-corrected chi connectivity index (χ3v) is 3.21. The van der Waals surface area contributed by atoms with Gasteiger partial charge in [0.05, 0.1) is 30.0 Å². The predicted octanol–water partition coefficient (Wildman–Crippen LogP) is 1.72. The van der Waals surface area contributed by atoms with E-state index in [1.807, 2.05) is 6.07 Å². The van der Waals surface area contributed by atoms with Gasteiger partial charge in [-0.2, -0.15) is 5.26 Å². The van der Waals surface area contributed by atoms with E-state index in [-0.39, 0.29) is 12.1 Å². The molecule has 0 aliphatic rings. The van der Waals surface area contributed by atoms with Crippen LogP contribution >= 0.6 is 0 Å². The number of nitriles is 1. The molecule has 0 aliphatic heterocycles. The molecule has 0 amide bonds. The Kier molecular flexibility index (Phi) is 3.46. The summed E-state index contributed by atoms with van der Waals surface area (Å²) >= 11 is 0. The number of furan rings is 1. The molecule has 0 saturated carbocycles. The van der Waals surface area contributed by atoms with Crippen LogP contribution in [0.1, 0.15) is 11.1 Å². The second-order valence-corrected chi connectivity index (χ2v) is 4.72. The highest BCUT2D eigenvalue weighted by molar-refractivity contribution is 5.54. The SMILES string of the molecule is N#Cc1cccc(Cn2cc(-c3ccco3)c(=O)[nH]c2=O)c1. The van der Waals surface area contributed by atoms with Gasteiger partial charge in [-0.1, -0.05) is 12.1 Å². The number of hydrogen-bond donors (Lipinski definition) is 1. The molecular weight excluding hydrogens is 282 g/mol. The van der Waals surface area contributed by atoms with Crippen molar-refractivity contribution in [1.82, 2.24) is 9.55 Å². The first kappa shape index (κ1) is 13.6. The van der Waals surface area contributed by atoms with E-state index in [1.54, 1.807) is 30.3 Å². The molecule has 3 rings (SSSR count). The average Bonchev–Trinajstić information content (AvgIpc) is 3.04. The fraction of sp³-hybridized carbons (Fsp3) is 0.0625. The van der Waals surface area contributed by atoms with Crippen LogP contribution in [0.25, 0.3) is 11.3 Å². The van der Waals surface area contributed by atoms with Gasteiger partial charge in [0, 0.05) is 6.20 Å². The molecular formula is C16H11N3O3. The molecule has 6 heteroatoms. The van der Waals surface area contributed by atoms with E-state index < -0.39 is 11.2 Å². The summed E-state index contributed by atoms with van der Waals surface area (Å²) in [5.41, 5.74) is 0.575. The topological polar surface area (TPSA) is 91.8 Å². The van der Waals surface area contributed by atoms with Crippen molar-refractivity contribution in [2.24, 2.45) is 0 Å². The van der Waals surface area contributed by atoms with E-state index in [9.17, 15) is 9.59 Å². The molecule has 0 saturated heterocycles. The Balaban J connectivity index is 2.04. The van der Waals surface area contributed by atoms with Crippen molar-refractivity contribution >= 4 is 0 Å². The van der Waals surface area contributed by atoms with Gasteiger partial charge in [0.25, 0.3) is 5.56 Å². The summed E-state index contributed by atoms with van der Waals surface area (Å²) in [6.45, 7) is 0.249. The maximum absolute atomic E-state index is 11.9.